The Morgan fingerprint density at radius 1 is 1.22 bits per heavy atom. The second-order valence-electron chi connectivity index (χ2n) is 8.33. The lowest BCUT2D eigenvalue weighted by Gasteiger charge is -2.40. The zero-order valence-electron chi connectivity index (χ0n) is 16.4. The van der Waals surface area contributed by atoms with Crippen LogP contribution in [-0.2, 0) is 12.8 Å². The van der Waals surface area contributed by atoms with Gasteiger partial charge in [0, 0.05) is 18.9 Å². The van der Waals surface area contributed by atoms with Crippen molar-refractivity contribution in [2.24, 2.45) is 17.3 Å². The fourth-order valence-electron chi connectivity index (χ4n) is 3.90. The number of rotatable bonds is 6. The number of hydrogen-bond donors (Lipinski definition) is 1. The minimum atomic E-state index is 0.349. The minimum Gasteiger partial charge on any atom is -0.354 e. The van der Waals surface area contributed by atoms with E-state index in [9.17, 15) is 5.26 Å². The maximum absolute atomic E-state index is 9.44. The maximum atomic E-state index is 9.44. The summed E-state index contributed by atoms with van der Waals surface area (Å²) in [6, 6.07) is 2.25. The Kier molecular flexibility index (Phi) is 6.00. The second kappa shape index (κ2) is 8.43. The van der Waals surface area contributed by atoms with Gasteiger partial charge in [0.15, 0.2) is 0 Å². The highest BCUT2D eigenvalue weighted by Gasteiger charge is 2.34. The molecule has 27 heavy (non-hydrogen) atoms. The van der Waals surface area contributed by atoms with Crippen LogP contribution in [0.15, 0.2) is 24.9 Å². The Morgan fingerprint density at radius 3 is 2.70 bits per heavy atom. The third-order valence-electron chi connectivity index (χ3n) is 5.94. The van der Waals surface area contributed by atoms with Crippen molar-refractivity contribution >= 4 is 5.95 Å². The van der Waals surface area contributed by atoms with Crippen LogP contribution in [-0.4, -0.2) is 26.5 Å². The number of aromatic nitrogens is 4. The van der Waals surface area contributed by atoms with Gasteiger partial charge in [-0.2, -0.15) is 5.26 Å². The predicted octanol–water partition coefficient (Wildman–Crippen LogP) is 3.80. The molecule has 0 bridgehead atoms. The van der Waals surface area contributed by atoms with Gasteiger partial charge in [0.25, 0.3) is 0 Å². The number of nitriles is 1. The Bertz CT molecular complexity index is 796. The van der Waals surface area contributed by atoms with Crippen molar-refractivity contribution in [2.75, 3.05) is 11.9 Å². The van der Waals surface area contributed by atoms with Crippen molar-refractivity contribution in [3.05, 3.63) is 41.7 Å². The lowest BCUT2D eigenvalue weighted by molar-refractivity contribution is 0.107. The van der Waals surface area contributed by atoms with Gasteiger partial charge in [-0.1, -0.05) is 20.8 Å². The first-order chi connectivity index (χ1) is 13.0. The normalized spacial score (nSPS) is 21.4. The molecule has 2 aromatic rings. The zero-order valence-corrected chi connectivity index (χ0v) is 16.4. The second-order valence-corrected chi connectivity index (χ2v) is 8.33. The van der Waals surface area contributed by atoms with E-state index in [1.807, 2.05) is 12.4 Å². The van der Waals surface area contributed by atoms with Crippen LogP contribution in [0.1, 0.15) is 56.9 Å². The third-order valence-corrected chi connectivity index (χ3v) is 5.94. The number of hydrogen-bond acceptors (Lipinski definition) is 6. The van der Waals surface area contributed by atoms with Gasteiger partial charge in [-0.05, 0) is 54.9 Å². The van der Waals surface area contributed by atoms with Crippen LogP contribution in [0.25, 0.3) is 0 Å². The van der Waals surface area contributed by atoms with Gasteiger partial charge < -0.3 is 5.32 Å². The average molecular weight is 364 g/mol. The summed E-state index contributed by atoms with van der Waals surface area (Å²) in [7, 11) is 0. The molecule has 2 aromatic heterocycles. The highest BCUT2D eigenvalue weighted by molar-refractivity contribution is 5.37. The predicted molar refractivity (Wildman–Crippen MR) is 105 cm³/mol. The molecule has 6 nitrogen and oxygen atoms in total. The molecule has 1 aliphatic carbocycles. The molecule has 0 aromatic carbocycles. The molecule has 0 amide bonds. The van der Waals surface area contributed by atoms with Crippen molar-refractivity contribution in [3.63, 3.8) is 0 Å². The van der Waals surface area contributed by atoms with E-state index in [0.29, 0.717) is 29.4 Å². The smallest absolute Gasteiger partial charge is 0.222 e. The summed E-state index contributed by atoms with van der Waals surface area (Å²) in [4.78, 5) is 17.0. The summed E-state index contributed by atoms with van der Waals surface area (Å²) in [6.45, 7) is 7.76. The van der Waals surface area contributed by atoms with E-state index in [1.165, 1.54) is 25.6 Å². The maximum Gasteiger partial charge on any atom is 0.222 e. The van der Waals surface area contributed by atoms with E-state index in [2.05, 4.69) is 52.1 Å². The van der Waals surface area contributed by atoms with E-state index >= 15 is 0 Å². The molecule has 0 saturated heterocycles. The first-order valence-corrected chi connectivity index (χ1v) is 9.71. The van der Waals surface area contributed by atoms with Gasteiger partial charge in [-0.15, -0.1) is 0 Å². The van der Waals surface area contributed by atoms with Gasteiger partial charge in [-0.25, -0.2) is 19.9 Å². The van der Waals surface area contributed by atoms with Crippen molar-refractivity contribution in [1.82, 2.24) is 19.9 Å². The molecule has 6 heteroatoms. The first-order valence-electron chi connectivity index (χ1n) is 9.71. The molecule has 1 fully saturated rings. The molecule has 2 heterocycles. The molecule has 3 rings (SSSR count). The third kappa shape index (κ3) is 5.00. The van der Waals surface area contributed by atoms with Crippen LogP contribution in [0, 0.1) is 28.6 Å². The zero-order chi connectivity index (χ0) is 19.3. The first kappa shape index (κ1) is 19.2. The summed E-state index contributed by atoms with van der Waals surface area (Å²) in [5.41, 5.74) is 2.88. The molecule has 2 atom stereocenters. The van der Waals surface area contributed by atoms with Crippen molar-refractivity contribution in [2.45, 2.75) is 52.9 Å². The molecule has 142 valence electrons. The summed E-state index contributed by atoms with van der Waals surface area (Å²) >= 11 is 0. The quantitative estimate of drug-likeness (QED) is 0.839. The van der Waals surface area contributed by atoms with E-state index in [1.54, 1.807) is 6.20 Å². The lowest BCUT2D eigenvalue weighted by atomic mass is 9.65. The highest BCUT2D eigenvalue weighted by atomic mass is 15.1. The molecule has 1 aliphatic rings. The van der Waals surface area contributed by atoms with E-state index in [-0.39, 0.29) is 0 Å². The van der Waals surface area contributed by atoms with Gasteiger partial charge >= 0.3 is 0 Å². The summed E-state index contributed by atoms with van der Waals surface area (Å²) in [5, 5.41) is 12.7. The van der Waals surface area contributed by atoms with Crippen LogP contribution in [0.5, 0.6) is 0 Å². The SMILES string of the molecule is C[C@H]1CC[C@@H](Cc2nc(NCCc3cncnc3)ncc2C#N)CC1(C)C. The molecular weight excluding hydrogens is 336 g/mol. The lowest BCUT2D eigenvalue weighted by Crippen LogP contribution is -2.31. The van der Waals surface area contributed by atoms with Crippen LogP contribution < -0.4 is 5.32 Å². The molecule has 0 unspecified atom stereocenters. The molecule has 1 N–H and O–H groups in total. The molecule has 1 saturated carbocycles. The Labute approximate surface area is 161 Å². The van der Waals surface area contributed by atoms with Crippen LogP contribution in [0.2, 0.25) is 0 Å². The topological polar surface area (TPSA) is 87.4 Å². The number of nitrogens with one attached hydrogen (secondary N) is 1. The molecule has 0 aliphatic heterocycles. The van der Waals surface area contributed by atoms with Crippen LogP contribution in [0.3, 0.4) is 0 Å². The van der Waals surface area contributed by atoms with Crippen molar-refractivity contribution in [1.29, 1.82) is 5.26 Å². The highest BCUT2D eigenvalue weighted by Crippen LogP contribution is 2.44. The van der Waals surface area contributed by atoms with Gasteiger partial charge in [0.1, 0.15) is 12.4 Å². The summed E-state index contributed by atoms with van der Waals surface area (Å²) in [6.07, 6.45) is 12.1. The standard InChI is InChI=1S/C21H28N6/c1-15-4-5-16(9-21(15,2)3)8-19-18(10-22)13-26-20(27-19)25-7-6-17-11-23-14-24-12-17/h11-16H,4-9H2,1-3H3,(H,25,26,27)/t15-,16-/m0/s1. The van der Waals surface area contributed by atoms with E-state index in [0.717, 1.165) is 30.0 Å². The molecule has 0 spiro atoms. The molecule has 0 radical (unpaired) electrons. The average Bonchev–Trinajstić information content (AvgIpc) is 2.66. The summed E-state index contributed by atoms with van der Waals surface area (Å²) in [5.74, 6) is 1.91. The van der Waals surface area contributed by atoms with Gasteiger partial charge in [0.05, 0.1) is 17.5 Å². The van der Waals surface area contributed by atoms with Crippen LogP contribution in [0.4, 0.5) is 5.95 Å². The van der Waals surface area contributed by atoms with Gasteiger partial charge in [-0.3, -0.25) is 0 Å². The van der Waals surface area contributed by atoms with E-state index < -0.39 is 0 Å². The Balaban J connectivity index is 1.64. The molecular formula is C21H28N6. The van der Waals surface area contributed by atoms with E-state index in [4.69, 9.17) is 0 Å². The summed E-state index contributed by atoms with van der Waals surface area (Å²) < 4.78 is 0. The van der Waals surface area contributed by atoms with Gasteiger partial charge in [0.2, 0.25) is 5.95 Å². The fraction of sp³-hybridized carbons (Fsp3) is 0.571. The number of nitrogens with zero attached hydrogens (tertiary/aromatic N) is 5. The number of anilines is 1. The van der Waals surface area contributed by atoms with Crippen LogP contribution >= 0.6 is 0 Å². The fourth-order valence-corrected chi connectivity index (χ4v) is 3.90. The minimum absolute atomic E-state index is 0.349. The largest absolute Gasteiger partial charge is 0.354 e. The van der Waals surface area contributed by atoms with Crippen molar-refractivity contribution < 1.29 is 0 Å². The monoisotopic (exact) mass is 364 g/mol. The Morgan fingerprint density at radius 2 is 2.00 bits per heavy atom. The Hall–Kier alpha value is -2.55. The van der Waals surface area contributed by atoms with Crippen molar-refractivity contribution in [3.8, 4) is 6.07 Å².